The van der Waals surface area contributed by atoms with Gasteiger partial charge in [0.15, 0.2) is 0 Å². The summed E-state index contributed by atoms with van der Waals surface area (Å²) in [5, 5.41) is 18.1. The van der Waals surface area contributed by atoms with Crippen molar-refractivity contribution in [3.8, 4) is 0 Å². The van der Waals surface area contributed by atoms with Crippen LogP contribution in [0.5, 0.6) is 0 Å². The average molecular weight is 233 g/mol. The first kappa shape index (κ1) is 22.5. The summed E-state index contributed by atoms with van der Waals surface area (Å²) in [6.07, 6.45) is 0. The molecule has 0 fully saturated rings. The predicted octanol–water partition coefficient (Wildman–Crippen LogP) is -2.91. The van der Waals surface area contributed by atoms with Crippen molar-refractivity contribution in [2.75, 3.05) is 13.1 Å². The standard InChI is InChI=1S/C4H7NO4.Cu.2H2O/c6-3(7)1-5-2-4(8)9;;;/h5H,1-2H2,(H,6,7)(H,8,9);;2*1H2. The van der Waals surface area contributed by atoms with Gasteiger partial charge in [0.2, 0.25) is 0 Å². The van der Waals surface area contributed by atoms with Gasteiger partial charge in [-0.2, -0.15) is 0 Å². The Morgan fingerprint density at radius 1 is 1.00 bits per heavy atom. The molecule has 0 aliphatic heterocycles. The Morgan fingerprint density at radius 2 is 1.25 bits per heavy atom. The molecule has 8 heteroatoms. The Balaban J connectivity index is -0.000000107. The van der Waals surface area contributed by atoms with Gasteiger partial charge in [0.05, 0.1) is 13.1 Å². The van der Waals surface area contributed by atoms with E-state index in [-0.39, 0.29) is 41.1 Å². The number of carbonyl (C=O) groups is 2. The van der Waals surface area contributed by atoms with Gasteiger partial charge in [-0.05, 0) is 0 Å². The molecule has 0 spiro atoms. The smallest absolute Gasteiger partial charge is 0.317 e. The van der Waals surface area contributed by atoms with Gasteiger partial charge in [-0.1, -0.05) is 0 Å². The topological polar surface area (TPSA) is 150 Å². The second kappa shape index (κ2) is 13.0. The van der Waals surface area contributed by atoms with Crippen LogP contribution in [0.3, 0.4) is 0 Å². The molecule has 0 aromatic carbocycles. The molecule has 0 aromatic rings. The third kappa shape index (κ3) is 22.8. The number of rotatable bonds is 4. The molecular formula is C4H11CuNO6. The minimum atomic E-state index is -1.06. The van der Waals surface area contributed by atoms with Crippen LogP contribution in [-0.2, 0) is 26.7 Å². The van der Waals surface area contributed by atoms with Gasteiger partial charge in [-0.3, -0.25) is 14.9 Å². The fourth-order valence-corrected chi connectivity index (χ4v) is 0.276. The molecule has 0 bridgehead atoms. The SMILES string of the molecule is O.O.O=C(O)CNCC(=O)O.[Cu]. The number of hydrogen-bond donors (Lipinski definition) is 3. The van der Waals surface area contributed by atoms with Gasteiger partial charge in [0.25, 0.3) is 0 Å². The Morgan fingerprint density at radius 3 is 1.42 bits per heavy atom. The van der Waals surface area contributed by atoms with E-state index < -0.39 is 11.9 Å². The molecule has 7 N–H and O–H groups in total. The summed E-state index contributed by atoms with van der Waals surface area (Å²) >= 11 is 0. The molecule has 0 aliphatic rings. The first-order valence-corrected chi connectivity index (χ1v) is 2.27. The van der Waals surface area contributed by atoms with Crippen molar-refractivity contribution < 1.29 is 47.8 Å². The van der Waals surface area contributed by atoms with Crippen LogP contribution in [0.25, 0.3) is 0 Å². The molecular weight excluding hydrogens is 222 g/mol. The van der Waals surface area contributed by atoms with Gasteiger partial charge in [0.1, 0.15) is 0 Å². The molecule has 0 heterocycles. The zero-order valence-electron chi connectivity index (χ0n) is 5.93. The molecule has 0 aliphatic carbocycles. The molecule has 7 nitrogen and oxygen atoms in total. The Kier molecular flexibility index (Phi) is 24.3. The van der Waals surface area contributed by atoms with E-state index in [1.165, 1.54) is 0 Å². The van der Waals surface area contributed by atoms with Crippen molar-refractivity contribution in [3.05, 3.63) is 0 Å². The largest absolute Gasteiger partial charge is 0.480 e. The van der Waals surface area contributed by atoms with E-state index in [0.717, 1.165) is 0 Å². The van der Waals surface area contributed by atoms with E-state index in [2.05, 4.69) is 5.32 Å². The van der Waals surface area contributed by atoms with E-state index in [1.54, 1.807) is 0 Å². The van der Waals surface area contributed by atoms with Crippen molar-refractivity contribution in [3.63, 3.8) is 0 Å². The monoisotopic (exact) mass is 232 g/mol. The third-order valence-electron chi connectivity index (χ3n) is 0.552. The van der Waals surface area contributed by atoms with E-state index >= 15 is 0 Å². The molecule has 0 atom stereocenters. The van der Waals surface area contributed by atoms with Gasteiger partial charge >= 0.3 is 11.9 Å². The summed E-state index contributed by atoms with van der Waals surface area (Å²) in [7, 11) is 0. The Labute approximate surface area is 78.9 Å². The van der Waals surface area contributed by atoms with Crippen LogP contribution in [0.1, 0.15) is 0 Å². The summed E-state index contributed by atoms with van der Waals surface area (Å²) in [6, 6.07) is 0. The molecule has 79 valence electrons. The fourth-order valence-electron chi connectivity index (χ4n) is 0.276. The number of aliphatic carboxylic acids is 2. The van der Waals surface area contributed by atoms with Gasteiger partial charge < -0.3 is 21.2 Å². The number of carboxylic acid groups (broad SMARTS) is 2. The van der Waals surface area contributed by atoms with Crippen LogP contribution in [-0.4, -0.2) is 46.2 Å². The number of carboxylic acids is 2. The van der Waals surface area contributed by atoms with Crippen molar-refractivity contribution in [1.82, 2.24) is 5.32 Å². The first-order valence-electron chi connectivity index (χ1n) is 2.27. The van der Waals surface area contributed by atoms with Crippen molar-refractivity contribution in [1.29, 1.82) is 0 Å². The molecule has 0 amide bonds. The van der Waals surface area contributed by atoms with Crippen LogP contribution in [0, 0.1) is 0 Å². The Hall–Kier alpha value is -0.661. The summed E-state index contributed by atoms with van der Waals surface area (Å²) < 4.78 is 0. The molecule has 1 radical (unpaired) electrons. The fraction of sp³-hybridized carbons (Fsp3) is 0.500. The average Bonchev–Trinajstić information content (AvgIpc) is 1.63. The van der Waals surface area contributed by atoms with Crippen molar-refractivity contribution >= 4 is 11.9 Å². The van der Waals surface area contributed by atoms with Gasteiger partial charge in [-0.15, -0.1) is 0 Å². The maximum Gasteiger partial charge on any atom is 0.317 e. The minimum Gasteiger partial charge on any atom is -0.480 e. The van der Waals surface area contributed by atoms with Gasteiger partial charge in [0, 0.05) is 17.1 Å². The maximum atomic E-state index is 9.73. The maximum absolute atomic E-state index is 9.73. The molecule has 0 saturated heterocycles. The third-order valence-corrected chi connectivity index (χ3v) is 0.552. The first-order chi connectivity index (χ1) is 4.13. The zero-order valence-corrected chi connectivity index (χ0v) is 6.87. The van der Waals surface area contributed by atoms with Crippen LogP contribution in [0.15, 0.2) is 0 Å². The Bertz CT molecular complexity index is 115. The van der Waals surface area contributed by atoms with Crippen LogP contribution in [0.4, 0.5) is 0 Å². The van der Waals surface area contributed by atoms with Crippen LogP contribution in [0.2, 0.25) is 0 Å². The van der Waals surface area contributed by atoms with E-state index in [0.29, 0.717) is 0 Å². The molecule has 0 rings (SSSR count). The quantitative estimate of drug-likeness (QED) is 0.444. The van der Waals surface area contributed by atoms with E-state index in [9.17, 15) is 9.59 Å². The summed E-state index contributed by atoms with van der Waals surface area (Å²) in [5.41, 5.74) is 0. The van der Waals surface area contributed by atoms with Crippen LogP contribution < -0.4 is 5.32 Å². The number of hydrogen-bond acceptors (Lipinski definition) is 3. The van der Waals surface area contributed by atoms with E-state index in [1.807, 2.05) is 0 Å². The normalized spacial score (nSPS) is 6.67. The number of nitrogens with one attached hydrogen (secondary N) is 1. The molecule has 0 saturated carbocycles. The zero-order chi connectivity index (χ0) is 7.28. The summed E-state index contributed by atoms with van der Waals surface area (Å²) in [5.74, 6) is -2.12. The molecule has 0 aromatic heterocycles. The van der Waals surface area contributed by atoms with Gasteiger partial charge in [-0.25, -0.2) is 0 Å². The van der Waals surface area contributed by atoms with Crippen molar-refractivity contribution in [2.24, 2.45) is 0 Å². The summed E-state index contributed by atoms with van der Waals surface area (Å²) in [6.45, 7) is -0.626. The van der Waals surface area contributed by atoms with E-state index in [4.69, 9.17) is 10.2 Å². The predicted molar refractivity (Wildman–Crippen MR) is 35.4 cm³/mol. The second-order valence-corrected chi connectivity index (χ2v) is 1.39. The summed E-state index contributed by atoms with van der Waals surface area (Å²) in [4.78, 5) is 19.5. The molecule has 0 unspecified atom stereocenters. The van der Waals surface area contributed by atoms with Crippen LogP contribution >= 0.6 is 0 Å². The molecule has 12 heavy (non-hydrogen) atoms. The minimum absolute atomic E-state index is 0. The van der Waals surface area contributed by atoms with Crippen molar-refractivity contribution in [2.45, 2.75) is 0 Å². The second-order valence-electron chi connectivity index (χ2n) is 1.39.